The van der Waals surface area contributed by atoms with Crippen molar-refractivity contribution in [2.75, 3.05) is 0 Å². The van der Waals surface area contributed by atoms with Crippen molar-refractivity contribution in [2.45, 2.75) is 30.6 Å². The van der Waals surface area contributed by atoms with Gasteiger partial charge in [0.1, 0.15) is 16.6 Å². The molecule has 1 aliphatic rings. The summed E-state index contributed by atoms with van der Waals surface area (Å²) in [5.74, 6) is -1.02. The quantitative estimate of drug-likeness (QED) is 0.775. The second kappa shape index (κ2) is 5.95. The predicted octanol–water partition coefficient (Wildman–Crippen LogP) is 1.58. The number of ether oxygens (including phenoxy) is 1. The van der Waals surface area contributed by atoms with Crippen molar-refractivity contribution in [2.24, 2.45) is 0 Å². The number of nitrogens with one attached hydrogen (secondary N) is 1. The zero-order valence-corrected chi connectivity index (χ0v) is 13.4. The van der Waals surface area contributed by atoms with Crippen molar-refractivity contribution < 1.29 is 22.4 Å². The van der Waals surface area contributed by atoms with E-state index in [0.717, 1.165) is 24.4 Å². The van der Waals surface area contributed by atoms with E-state index in [9.17, 15) is 13.2 Å². The van der Waals surface area contributed by atoms with Crippen molar-refractivity contribution in [3.8, 4) is 0 Å². The van der Waals surface area contributed by atoms with Crippen LogP contribution in [0.1, 0.15) is 29.1 Å². The average Bonchev–Trinajstić information content (AvgIpc) is 2.98. The number of aromatic nitrogens is 2. The highest BCUT2D eigenvalue weighted by Crippen LogP contribution is 2.23. The number of rotatable bonds is 6. The van der Waals surface area contributed by atoms with E-state index in [-0.39, 0.29) is 23.5 Å². The third-order valence-electron chi connectivity index (χ3n) is 2.80. The fraction of sp³-hybridized carbons (Fsp3) is 0.364. The maximum Gasteiger partial charge on any atom is 0.374 e. The summed E-state index contributed by atoms with van der Waals surface area (Å²) in [5, 5.41) is 3.37. The molecule has 0 aliphatic heterocycles. The highest BCUT2D eigenvalue weighted by atomic mass is 35.5. The number of hydrogen-bond donors (Lipinski definition) is 1. The van der Waals surface area contributed by atoms with Gasteiger partial charge in [-0.25, -0.2) is 17.9 Å². The van der Waals surface area contributed by atoms with Crippen LogP contribution in [0.3, 0.4) is 0 Å². The lowest BCUT2D eigenvalue weighted by atomic mass is 10.4. The van der Waals surface area contributed by atoms with Crippen LogP contribution < -0.4 is 4.72 Å². The first kappa shape index (κ1) is 15.4. The average molecular weight is 364 g/mol. The first-order valence-corrected chi connectivity index (χ1v) is 8.85. The summed E-state index contributed by atoms with van der Waals surface area (Å²) in [4.78, 5) is 11.8. The number of sulfonamides is 1. The lowest BCUT2D eigenvalue weighted by molar-refractivity contribution is 0.0425. The Balaban J connectivity index is 1.65. The summed E-state index contributed by atoms with van der Waals surface area (Å²) in [6, 6.07) is 2.40. The number of furan rings is 1. The van der Waals surface area contributed by atoms with Gasteiger partial charge in [-0.2, -0.15) is 0 Å². The minimum Gasteiger partial charge on any atom is -0.453 e. The van der Waals surface area contributed by atoms with Gasteiger partial charge in [0.2, 0.25) is 10.9 Å². The first-order chi connectivity index (χ1) is 10.5. The molecule has 118 valence electrons. The van der Waals surface area contributed by atoms with E-state index in [4.69, 9.17) is 20.8 Å². The molecule has 0 unspecified atom stereocenters. The van der Waals surface area contributed by atoms with Crippen LogP contribution in [0, 0.1) is 0 Å². The van der Waals surface area contributed by atoms with Gasteiger partial charge in [-0.15, -0.1) is 5.10 Å². The van der Waals surface area contributed by atoms with Gasteiger partial charge in [0, 0.05) is 17.6 Å². The Hall–Kier alpha value is -1.49. The second-order valence-electron chi connectivity index (χ2n) is 4.58. The Morgan fingerprint density at radius 2 is 2.27 bits per heavy atom. The Morgan fingerprint density at radius 3 is 2.91 bits per heavy atom. The zero-order chi connectivity index (χ0) is 15.7. The van der Waals surface area contributed by atoms with Crippen LogP contribution in [-0.2, 0) is 21.4 Å². The molecular weight excluding hydrogens is 354 g/mol. The molecule has 0 saturated heterocycles. The standard InChI is InChI=1S/C11H10ClN3O5S2/c12-10-7(13-15-21-10)5-19-11(16)8-3-4-9(20-8)22(17,18)14-6-1-2-6/h3-4,6,14H,1-2,5H2. The topological polar surface area (TPSA) is 111 Å². The van der Waals surface area contributed by atoms with Crippen LogP contribution >= 0.6 is 23.1 Å². The highest BCUT2D eigenvalue weighted by Gasteiger charge is 2.30. The highest BCUT2D eigenvalue weighted by molar-refractivity contribution is 7.89. The van der Waals surface area contributed by atoms with Gasteiger partial charge in [-0.1, -0.05) is 16.1 Å². The molecule has 0 amide bonds. The lowest BCUT2D eigenvalue weighted by Gasteiger charge is -2.02. The molecule has 1 saturated carbocycles. The summed E-state index contributed by atoms with van der Waals surface area (Å²) in [6.45, 7) is -0.169. The third-order valence-corrected chi connectivity index (χ3v) is 5.17. The molecular formula is C11H10ClN3O5S2. The van der Waals surface area contributed by atoms with Crippen molar-refractivity contribution in [1.82, 2.24) is 14.3 Å². The van der Waals surface area contributed by atoms with Crippen LogP contribution in [-0.4, -0.2) is 30.0 Å². The van der Waals surface area contributed by atoms with Crippen LogP contribution in [0.15, 0.2) is 21.6 Å². The van der Waals surface area contributed by atoms with Crippen LogP contribution in [0.4, 0.5) is 0 Å². The number of halogens is 1. The smallest absolute Gasteiger partial charge is 0.374 e. The number of carbonyl (C=O) groups is 1. The molecule has 1 N–H and O–H groups in total. The molecule has 0 spiro atoms. The van der Waals surface area contributed by atoms with Crippen LogP contribution in [0.25, 0.3) is 0 Å². The number of nitrogens with zero attached hydrogens (tertiary/aromatic N) is 2. The van der Waals surface area contributed by atoms with E-state index in [0.29, 0.717) is 10.0 Å². The molecule has 22 heavy (non-hydrogen) atoms. The molecule has 8 nitrogen and oxygen atoms in total. The summed E-state index contributed by atoms with van der Waals surface area (Å²) in [7, 11) is -3.74. The van der Waals surface area contributed by atoms with E-state index in [1.54, 1.807) is 0 Å². The Kier molecular flexibility index (Phi) is 4.17. The van der Waals surface area contributed by atoms with Gasteiger partial charge in [-0.05, 0) is 25.0 Å². The van der Waals surface area contributed by atoms with E-state index in [1.165, 1.54) is 12.1 Å². The molecule has 11 heteroatoms. The second-order valence-corrected chi connectivity index (χ2v) is 7.58. The van der Waals surface area contributed by atoms with Gasteiger partial charge in [0.15, 0.2) is 0 Å². The summed E-state index contributed by atoms with van der Waals surface area (Å²) >= 11 is 6.75. The van der Waals surface area contributed by atoms with Crippen LogP contribution in [0.2, 0.25) is 4.34 Å². The SMILES string of the molecule is O=C(OCc1nnsc1Cl)c1ccc(S(=O)(=O)NC2CC2)o1. The van der Waals surface area contributed by atoms with E-state index in [1.807, 2.05) is 0 Å². The molecule has 0 bridgehead atoms. The van der Waals surface area contributed by atoms with Gasteiger partial charge < -0.3 is 9.15 Å². The van der Waals surface area contributed by atoms with E-state index < -0.39 is 16.0 Å². The number of hydrogen-bond acceptors (Lipinski definition) is 8. The van der Waals surface area contributed by atoms with Gasteiger partial charge in [-0.3, -0.25) is 0 Å². The first-order valence-electron chi connectivity index (χ1n) is 6.22. The molecule has 3 rings (SSSR count). The minimum absolute atomic E-state index is 0.0511. The van der Waals surface area contributed by atoms with Crippen molar-refractivity contribution in [3.05, 3.63) is 27.9 Å². The van der Waals surface area contributed by atoms with Gasteiger partial charge >= 0.3 is 5.97 Å². The number of esters is 1. The van der Waals surface area contributed by atoms with E-state index in [2.05, 4.69) is 14.3 Å². The molecule has 2 aromatic rings. The van der Waals surface area contributed by atoms with Gasteiger partial charge in [0.25, 0.3) is 10.0 Å². The van der Waals surface area contributed by atoms with Crippen molar-refractivity contribution in [1.29, 1.82) is 0 Å². The fourth-order valence-corrected chi connectivity index (χ4v) is 3.38. The van der Waals surface area contributed by atoms with Crippen molar-refractivity contribution >= 4 is 39.1 Å². The molecule has 0 radical (unpaired) electrons. The normalized spacial score (nSPS) is 15.0. The molecule has 1 aliphatic carbocycles. The maximum absolute atomic E-state index is 11.9. The lowest BCUT2D eigenvalue weighted by Crippen LogP contribution is -2.25. The molecule has 2 heterocycles. The summed E-state index contributed by atoms with van der Waals surface area (Å²) < 4.78 is 40.2. The fourth-order valence-electron chi connectivity index (χ4n) is 1.54. The largest absolute Gasteiger partial charge is 0.453 e. The number of carbonyl (C=O) groups excluding carboxylic acids is 1. The maximum atomic E-state index is 11.9. The van der Waals surface area contributed by atoms with Crippen LogP contribution in [0.5, 0.6) is 0 Å². The molecule has 0 atom stereocenters. The van der Waals surface area contributed by atoms with Gasteiger partial charge in [0.05, 0.1) is 0 Å². The van der Waals surface area contributed by atoms with Crippen molar-refractivity contribution in [3.63, 3.8) is 0 Å². The zero-order valence-electron chi connectivity index (χ0n) is 11.0. The summed E-state index contributed by atoms with van der Waals surface area (Å²) in [6.07, 6.45) is 1.61. The Morgan fingerprint density at radius 1 is 1.50 bits per heavy atom. The predicted molar refractivity (Wildman–Crippen MR) is 76.1 cm³/mol. The Labute approximate surface area is 134 Å². The summed E-state index contributed by atoms with van der Waals surface area (Å²) in [5.41, 5.74) is 0.329. The van der Waals surface area contributed by atoms with E-state index >= 15 is 0 Å². The monoisotopic (exact) mass is 363 g/mol. The molecule has 1 fully saturated rings. The minimum atomic E-state index is -3.74. The third kappa shape index (κ3) is 3.46. The molecule has 2 aromatic heterocycles. The molecule has 0 aromatic carbocycles. The Bertz CT molecular complexity index is 796.